The standard InChI is InChI=1S/C6H9N2O/c1-5(3-9)6-2-7-4-8-6/h2,4-5,9H,1,3H2,(H,7,8). The Morgan fingerprint density at radius 2 is 2.67 bits per heavy atom. The van der Waals surface area contributed by atoms with E-state index in [2.05, 4.69) is 16.9 Å². The smallest absolute Gasteiger partial charge is 0.0921 e. The van der Waals surface area contributed by atoms with Crippen LogP contribution in [0.15, 0.2) is 12.5 Å². The molecule has 2 N–H and O–H groups in total. The first-order valence-electron chi connectivity index (χ1n) is 2.77. The number of H-pyrrole nitrogens is 1. The van der Waals surface area contributed by atoms with E-state index in [-0.39, 0.29) is 12.5 Å². The molecule has 0 spiro atoms. The van der Waals surface area contributed by atoms with Gasteiger partial charge in [0.05, 0.1) is 12.9 Å². The Hall–Kier alpha value is -0.830. The molecule has 1 aromatic rings. The van der Waals surface area contributed by atoms with Crippen LogP contribution in [0, 0.1) is 6.92 Å². The van der Waals surface area contributed by atoms with Crippen molar-refractivity contribution in [3.63, 3.8) is 0 Å². The number of nitrogens with zero attached hydrogens (tertiary/aromatic N) is 1. The van der Waals surface area contributed by atoms with E-state index >= 15 is 0 Å². The van der Waals surface area contributed by atoms with Crippen LogP contribution in [0.1, 0.15) is 11.6 Å². The molecule has 0 aliphatic heterocycles. The Balaban J connectivity index is 2.65. The predicted octanol–water partition coefficient (Wildman–Crippen LogP) is 0.320. The molecule has 1 heterocycles. The molecular weight excluding hydrogens is 116 g/mol. The minimum Gasteiger partial charge on any atom is -0.396 e. The van der Waals surface area contributed by atoms with Crippen molar-refractivity contribution in [2.75, 3.05) is 6.61 Å². The molecule has 0 aliphatic carbocycles. The number of hydrogen-bond donors (Lipinski definition) is 2. The van der Waals surface area contributed by atoms with Crippen molar-refractivity contribution >= 4 is 0 Å². The summed E-state index contributed by atoms with van der Waals surface area (Å²) in [5.74, 6) is -0.0764. The maximum Gasteiger partial charge on any atom is 0.0921 e. The molecule has 0 fully saturated rings. The van der Waals surface area contributed by atoms with E-state index in [1.807, 2.05) is 0 Å². The quantitative estimate of drug-likeness (QED) is 0.598. The third-order valence-corrected chi connectivity index (χ3v) is 1.18. The number of nitrogens with one attached hydrogen (secondary N) is 1. The van der Waals surface area contributed by atoms with Gasteiger partial charge in [-0.05, 0) is 6.92 Å². The number of hydrogen-bond acceptors (Lipinski definition) is 2. The molecule has 3 nitrogen and oxygen atoms in total. The molecule has 0 aliphatic rings. The largest absolute Gasteiger partial charge is 0.396 e. The van der Waals surface area contributed by atoms with Crippen molar-refractivity contribution in [2.24, 2.45) is 0 Å². The van der Waals surface area contributed by atoms with Crippen LogP contribution in [0.5, 0.6) is 0 Å². The molecule has 1 atom stereocenters. The van der Waals surface area contributed by atoms with Crippen LogP contribution >= 0.6 is 0 Å². The monoisotopic (exact) mass is 125 g/mol. The maximum atomic E-state index is 8.60. The Bertz CT molecular complexity index is 160. The van der Waals surface area contributed by atoms with Gasteiger partial charge in [-0.1, -0.05) is 0 Å². The highest BCUT2D eigenvalue weighted by Gasteiger charge is 2.02. The van der Waals surface area contributed by atoms with Crippen LogP contribution in [0.4, 0.5) is 0 Å². The van der Waals surface area contributed by atoms with Crippen molar-refractivity contribution in [1.82, 2.24) is 9.97 Å². The van der Waals surface area contributed by atoms with E-state index in [1.54, 1.807) is 12.5 Å². The molecule has 1 unspecified atom stereocenters. The van der Waals surface area contributed by atoms with Crippen molar-refractivity contribution in [3.05, 3.63) is 25.1 Å². The summed E-state index contributed by atoms with van der Waals surface area (Å²) in [6.07, 6.45) is 3.23. The SMILES string of the molecule is [CH2]C(CO)c1cnc[nH]1. The summed E-state index contributed by atoms with van der Waals surface area (Å²) >= 11 is 0. The summed E-state index contributed by atoms with van der Waals surface area (Å²) in [4.78, 5) is 6.64. The minimum absolute atomic E-state index is 0.0577. The third kappa shape index (κ3) is 1.29. The van der Waals surface area contributed by atoms with E-state index in [4.69, 9.17) is 5.11 Å². The zero-order valence-corrected chi connectivity index (χ0v) is 5.04. The Labute approximate surface area is 53.7 Å². The van der Waals surface area contributed by atoms with Crippen LogP contribution in [0.25, 0.3) is 0 Å². The van der Waals surface area contributed by atoms with E-state index in [9.17, 15) is 0 Å². The summed E-state index contributed by atoms with van der Waals surface area (Å²) < 4.78 is 0. The number of rotatable bonds is 2. The van der Waals surface area contributed by atoms with Crippen molar-refractivity contribution in [2.45, 2.75) is 5.92 Å². The number of aliphatic hydroxyl groups is 1. The fourth-order valence-corrected chi connectivity index (χ4v) is 0.588. The van der Waals surface area contributed by atoms with Gasteiger partial charge < -0.3 is 10.1 Å². The van der Waals surface area contributed by atoms with Crippen LogP contribution < -0.4 is 0 Å². The molecule has 1 aromatic heterocycles. The Morgan fingerprint density at radius 3 is 3.11 bits per heavy atom. The summed E-state index contributed by atoms with van der Waals surface area (Å²) in [6, 6.07) is 0. The number of aliphatic hydroxyl groups excluding tert-OH is 1. The third-order valence-electron chi connectivity index (χ3n) is 1.18. The molecule has 3 heteroatoms. The predicted molar refractivity (Wildman–Crippen MR) is 33.8 cm³/mol. The topological polar surface area (TPSA) is 48.9 Å². The normalized spacial score (nSPS) is 13.6. The van der Waals surface area contributed by atoms with E-state index in [0.717, 1.165) is 5.69 Å². The molecule has 1 radical (unpaired) electrons. The molecule has 1 rings (SSSR count). The first-order chi connectivity index (χ1) is 4.34. The van der Waals surface area contributed by atoms with Gasteiger partial charge in [-0.2, -0.15) is 0 Å². The Morgan fingerprint density at radius 1 is 1.89 bits per heavy atom. The van der Waals surface area contributed by atoms with Gasteiger partial charge in [0.2, 0.25) is 0 Å². The first-order valence-corrected chi connectivity index (χ1v) is 2.77. The second-order valence-electron chi connectivity index (χ2n) is 1.89. The summed E-state index contributed by atoms with van der Waals surface area (Å²) in [5.41, 5.74) is 0.873. The van der Waals surface area contributed by atoms with Crippen LogP contribution in [0.3, 0.4) is 0 Å². The van der Waals surface area contributed by atoms with Gasteiger partial charge in [0.15, 0.2) is 0 Å². The molecule has 0 aromatic carbocycles. The highest BCUT2D eigenvalue weighted by molar-refractivity contribution is 5.04. The molecule has 0 amide bonds. The summed E-state index contributed by atoms with van der Waals surface area (Å²) in [7, 11) is 0. The average molecular weight is 125 g/mol. The molecular formula is C6H9N2O. The van der Waals surface area contributed by atoms with Gasteiger partial charge in [-0.15, -0.1) is 0 Å². The van der Waals surface area contributed by atoms with Crippen LogP contribution in [-0.4, -0.2) is 21.7 Å². The fourth-order valence-electron chi connectivity index (χ4n) is 0.588. The van der Waals surface area contributed by atoms with E-state index in [0.29, 0.717) is 0 Å². The lowest BCUT2D eigenvalue weighted by Crippen LogP contribution is -1.98. The van der Waals surface area contributed by atoms with Gasteiger partial charge in [0, 0.05) is 17.8 Å². The van der Waals surface area contributed by atoms with Crippen molar-refractivity contribution in [1.29, 1.82) is 0 Å². The van der Waals surface area contributed by atoms with Crippen molar-refractivity contribution < 1.29 is 5.11 Å². The van der Waals surface area contributed by atoms with E-state index in [1.165, 1.54) is 0 Å². The number of aromatic amines is 1. The zero-order valence-electron chi connectivity index (χ0n) is 5.04. The second kappa shape index (κ2) is 2.64. The second-order valence-corrected chi connectivity index (χ2v) is 1.89. The lowest BCUT2D eigenvalue weighted by Gasteiger charge is -2.01. The number of aromatic nitrogens is 2. The van der Waals surface area contributed by atoms with Gasteiger partial charge >= 0.3 is 0 Å². The van der Waals surface area contributed by atoms with Gasteiger partial charge in [-0.3, -0.25) is 0 Å². The highest BCUT2D eigenvalue weighted by Crippen LogP contribution is 2.07. The van der Waals surface area contributed by atoms with Crippen LogP contribution in [0.2, 0.25) is 0 Å². The van der Waals surface area contributed by atoms with Gasteiger partial charge in [-0.25, -0.2) is 4.98 Å². The van der Waals surface area contributed by atoms with Crippen LogP contribution in [-0.2, 0) is 0 Å². The molecule has 0 saturated heterocycles. The number of imidazole rings is 1. The summed E-state index contributed by atoms with van der Waals surface area (Å²) in [5, 5.41) is 8.60. The molecule has 0 bridgehead atoms. The van der Waals surface area contributed by atoms with Gasteiger partial charge in [0.25, 0.3) is 0 Å². The maximum absolute atomic E-state index is 8.60. The molecule has 49 valence electrons. The lowest BCUT2D eigenvalue weighted by atomic mass is 10.1. The van der Waals surface area contributed by atoms with E-state index < -0.39 is 0 Å². The zero-order chi connectivity index (χ0) is 6.69. The fraction of sp³-hybridized carbons (Fsp3) is 0.333. The first kappa shape index (κ1) is 6.29. The molecule has 9 heavy (non-hydrogen) atoms. The highest BCUT2D eigenvalue weighted by atomic mass is 16.3. The lowest BCUT2D eigenvalue weighted by molar-refractivity contribution is 0.281. The average Bonchev–Trinajstić information content (AvgIpc) is 2.37. The Kier molecular flexibility index (Phi) is 1.85. The molecule has 0 saturated carbocycles. The van der Waals surface area contributed by atoms with Crippen molar-refractivity contribution in [3.8, 4) is 0 Å². The summed E-state index contributed by atoms with van der Waals surface area (Å²) in [6.45, 7) is 3.74. The van der Waals surface area contributed by atoms with Gasteiger partial charge in [0.1, 0.15) is 0 Å². The minimum atomic E-state index is -0.0764.